The van der Waals surface area contributed by atoms with Gasteiger partial charge in [-0.15, -0.1) is 0 Å². The van der Waals surface area contributed by atoms with Crippen molar-refractivity contribution in [3.05, 3.63) is 34.9 Å². The van der Waals surface area contributed by atoms with Gasteiger partial charge in [0.1, 0.15) is 0 Å². The van der Waals surface area contributed by atoms with Crippen molar-refractivity contribution in [2.45, 2.75) is 12.8 Å². The van der Waals surface area contributed by atoms with E-state index in [1.807, 2.05) is 19.2 Å². The Morgan fingerprint density at radius 3 is 2.42 bits per heavy atom. The van der Waals surface area contributed by atoms with Crippen LogP contribution in [-0.4, -0.2) is 69.1 Å². The molecule has 1 aliphatic heterocycles. The van der Waals surface area contributed by atoms with Gasteiger partial charge < -0.3 is 10.2 Å². The van der Waals surface area contributed by atoms with Crippen LogP contribution in [0, 0.1) is 0 Å². The highest BCUT2D eigenvalue weighted by Crippen LogP contribution is 2.10. The number of benzene rings is 1. The number of nitrogens with zero attached hydrogens (tertiary/aromatic N) is 2. The van der Waals surface area contributed by atoms with Gasteiger partial charge in [0.05, 0.1) is 5.75 Å². The van der Waals surface area contributed by atoms with Crippen molar-refractivity contribution < 1.29 is 13.2 Å². The van der Waals surface area contributed by atoms with Crippen LogP contribution in [0.2, 0.25) is 5.02 Å². The molecule has 0 unspecified atom stereocenters. The summed E-state index contributed by atoms with van der Waals surface area (Å²) in [5.41, 5.74) is 1.07. The van der Waals surface area contributed by atoms with Crippen molar-refractivity contribution >= 4 is 27.5 Å². The van der Waals surface area contributed by atoms with E-state index in [1.54, 1.807) is 12.1 Å². The summed E-state index contributed by atoms with van der Waals surface area (Å²) in [7, 11) is -1.38. The lowest BCUT2D eigenvalue weighted by Gasteiger charge is -2.31. The zero-order valence-corrected chi connectivity index (χ0v) is 15.4. The summed E-state index contributed by atoms with van der Waals surface area (Å²) in [6, 6.07) is 7.43. The zero-order valence-electron chi connectivity index (χ0n) is 13.9. The number of halogens is 1. The third kappa shape index (κ3) is 6.05. The fourth-order valence-corrected chi connectivity index (χ4v) is 4.05. The van der Waals surface area contributed by atoms with Crippen LogP contribution in [0.5, 0.6) is 0 Å². The second-order valence-corrected chi connectivity index (χ2v) is 8.52. The van der Waals surface area contributed by atoms with Gasteiger partial charge in [-0.3, -0.25) is 4.79 Å². The van der Waals surface area contributed by atoms with Crippen LogP contribution in [-0.2, 0) is 21.2 Å². The molecule has 8 heteroatoms. The lowest BCUT2D eigenvalue weighted by atomic mass is 10.1. The highest BCUT2D eigenvalue weighted by molar-refractivity contribution is 7.89. The minimum atomic E-state index is -3.35. The number of amides is 1. The van der Waals surface area contributed by atoms with E-state index in [0.717, 1.165) is 18.7 Å². The summed E-state index contributed by atoms with van der Waals surface area (Å²) in [6.45, 7) is 2.93. The molecule has 0 atom stereocenters. The molecule has 1 amide bonds. The molecule has 1 aliphatic rings. The lowest BCUT2D eigenvalue weighted by Crippen LogP contribution is -2.48. The normalized spacial score (nSPS) is 16.9. The molecule has 134 valence electrons. The number of carbonyl (C=O) groups excluding carboxylic acids is 1. The van der Waals surface area contributed by atoms with Crippen LogP contribution in [0.3, 0.4) is 0 Å². The van der Waals surface area contributed by atoms with Gasteiger partial charge in [-0.1, -0.05) is 23.7 Å². The molecule has 0 aromatic heterocycles. The van der Waals surface area contributed by atoms with Gasteiger partial charge in [-0.05, 0) is 31.2 Å². The van der Waals surface area contributed by atoms with Crippen LogP contribution < -0.4 is 5.32 Å². The number of rotatable bonds is 7. The summed E-state index contributed by atoms with van der Waals surface area (Å²) in [6.07, 6.45) is 0.684. The Morgan fingerprint density at radius 1 is 1.17 bits per heavy atom. The summed E-state index contributed by atoms with van der Waals surface area (Å²) in [5, 5.41) is 3.44. The molecule has 0 spiro atoms. The fourth-order valence-electron chi connectivity index (χ4n) is 2.50. The van der Waals surface area contributed by atoms with Gasteiger partial charge >= 0.3 is 0 Å². The molecule has 1 heterocycles. The van der Waals surface area contributed by atoms with Crippen LogP contribution in [0.1, 0.15) is 12.0 Å². The SMILES string of the molecule is CN1CCN(S(=O)(=O)CCC(=O)NCCc2ccc(Cl)cc2)CC1. The first kappa shape index (κ1) is 19.2. The van der Waals surface area contributed by atoms with E-state index in [0.29, 0.717) is 31.1 Å². The average Bonchev–Trinajstić information content (AvgIpc) is 2.55. The Bertz CT molecular complexity index is 641. The third-order valence-electron chi connectivity index (χ3n) is 4.09. The Balaban J connectivity index is 1.69. The largest absolute Gasteiger partial charge is 0.356 e. The van der Waals surface area contributed by atoms with Gasteiger partial charge in [0.2, 0.25) is 15.9 Å². The van der Waals surface area contributed by atoms with Gasteiger partial charge in [0, 0.05) is 44.2 Å². The number of carbonyl (C=O) groups is 1. The van der Waals surface area contributed by atoms with Crippen molar-refractivity contribution in [2.75, 3.05) is 45.5 Å². The first-order valence-electron chi connectivity index (χ1n) is 8.04. The van der Waals surface area contributed by atoms with Crippen LogP contribution >= 0.6 is 11.6 Å². The minimum Gasteiger partial charge on any atom is -0.356 e. The molecular weight excluding hydrogens is 350 g/mol. The van der Waals surface area contributed by atoms with Crippen LogP contribution in [0.4, 0.5) is 0 Å². The number of nitrogens with one attached hydrogen (secondary N) is 1. The van der Waals surface area contributed by atoms with E-state index in [2.05, 4.69) is 10.2 Å². The topological polar surface area (TPSA) is 69.7 Å². The Labute approximate surface area is 148 Å². The number of hydrogen-bond donors (Lipinski definition) is 1. The minimum absolute atomic E-state index is 0.00467. The predicted molar refractivity (Wildman–Crippen MR) is 95.6 cm³/mol. The van der Waals surface area contributed by atoms with Crippen molar-refractivity contribution in [3.8, 4) is 0 Å². The van der Waals surface area contributed by atoms with Gasteiger partial charge in [-0.25, -0.2) is 8.42 Å². The Morgan fingerprint density at radius 2 is 1.79 bits per heavy atom. The maximum absolute atomic E-state index is 12.2. The second kappa shape index (κ2) is 8.80. The van der Waals surface area contributed by atoms with E-state index in [-0.39, 0.29) is 18.1 Å². The van der Waals surface area contributed by atoms with Gasteiger partial charge in [-0.2, -0.15) is 4.31 Å². The number of likely N-dealkylation sites (N-methyl/N-ethyl adjacent to an activating group) is 1. The smallest absolute Gasteiger partial charge is 0.221 e. The molecule has 1 aromatic rings. The Kier molecular flexibility index (Phi) is 7.03. The first-order chi connectivity index (χ1) is 11.4. The molecular formula is C16H24ClN3O3S. The summed E-state index contributed by atoms with van der Waals surface area (Å²) in [4.78, 5) is 13.9. The molecule has 0 aliphatic carbocycles. The zero-order chi connectivity index (χ0) is 17.6. The summed E-state index contributed by atoms with van der Waals surface area (Å²) in [5.74, 6) is -0.370. The highest BCUT2D eigenvalue weighted by Gasteiger charge is 2.25. The number of hydrogen-bond acceptors (Lipinski definition) is 4. The van der Waals surface area contributed by atoms with Crippen molar-refractivity contribution in [3.63, 3.8) is 0 Å². The molecule has 0 saturated carbocycles. The molecule has 24 heavy (non-hydrogen) atoms. The van der Waals surface area contributed by atoms with E-state index in [4.69, 9.17) is 11.6 Å². The summed E-state index contributed by atoms with van der Waals surface area (Å²) >= 11 is 5.82. The highest BCUT2D eigenvalue weighted by atomic mass is 35.5. The Hall–Kier alpha value is -1.15. The molecule has 1 fully saturated rings. The monoisotopic (exact) mass is 373 g/mol. The van der Waals surface area contributed by atoms with Crippen molar-refractivity contribution in [1.82, 2.24) is 14.5 Å². The van der Waals surface area contributed by atoms with Gasteiger partial charge in [0.15, 0.2) is 0 Å². The standard InChI is InChI=1S/C16H24ClN3O3S/c1-19-9-11-20(12-10-19)24(22,23)13-7-16(21)18-8-6-14-2-4-15(17)5-3-14/h2-5H,6-13H2,1H3,(H,18,21). The van der Waals surface area contributed by atoms with E-state index in [1.165, 1.54) is 4.31 Å². The second-order valence-electron chi connectivity index (χ2n) is 5.99. The molecule has 0 bridgehead atoms. The molecule has 2 rings (SSSR count). The molecule has 1 saturated heterocycles. The maximum Gasteiger partial charge on any atom is 0.221 e. The molecule has 1 N–H and O–H groups in total. The first-order valence-corrected chi connectivity index (χ1v) is 10.0. The van der Waals surface area contributed by atoms with Crippen LogP contribution in [0.15, 0.2) is 24.3 Å². The number of piperazine rings is 1. The lowest BCUT2D eigenvalue weighted by molar-refractivity contribution is -0.120. The quantitative estimate of drug-likeness (QED) is 0.773. The number of sulfonamides is 1. The van der Waals surface area contributed by atoms with E-state index in [9.17, 15) is 13.2 Å². The fraction of sp³-hybridized carbons (Fsp3) is 0.562. The predicted octanol–water partition coefficient (Wildman–Crippen LogP) is 0.966. The third-order valence-corrected chi connectivity index (χ3v) is 6.22. The molecule has 1 aromatic carbocycles. The van der Waals surface area contributed by atoms with Gasteiger partial charge in [0.25, 0.3) is 0 Å². The molecule has 6 nitrogen and oxygen atoms in total. The van der Waals surface area contributed by atoms with E-state index < -0.39 is 10.0 Å². The maximum atomic E-state index is 12.2. The van der Waals surface area contributed by atoms with E-state index >= 15 is 0 Å². The van der Waals surface area contributed by atoms with Crippen LogP contribution in [0.25, 0.3) is 0 Å². The van der Waals surface area contributed by atoms with Crippen molar-refractivity contribution in [1.29, 1.82) is 0 Å². The molecule has 0 radical (unpaired) electrons. The average molecular weight is 374 g/mol. The summed E-state index contributed by atoms with van der Waals surface area (Å²) < 4.78 is 26.0. The van der Waals surface area contributed by atoms with Crippen molar-refractivity contribution in [2.24, 2.45) is 0 Å².